The molecule has 0 radical (unpaired) electrons. The maximum absolute atomic E-state index is 13.0. The van der Waals surface area contributed by atoms with Gasteiger partial charge in [-0.1, -0.05) is 30.3 Å². The lowest BCUT2D eigenvalue weighted by molar-refractivity contribution is -0.277. The molecule has 0 amide bonds. The summed E-state index contributed by atoms with van der Waals surface area (Å²) < 4.78 is 27.4. The number of carbonyl (C=O) groups is 1. The van der Waals surface area contributed by atoms with Gasteiger partial charge >= 0.3 is 5.97 Å². The molecule has 2 aromatic rings. The second-order valence-electron chi connectivity index (χ2n) is 9.31. The Morgan fingerprint density at radius 3 is 1.68 bits per heavy atom. The SMILES string of the molecule is O=C(OCc1ccccc1O[C@@H]1O[C@H](CO)[C@@H](O)[C@H](O)[C@H]1O)c1ccccc1O[C@@H]1O[C@H](CO)[C@@H](O)[C@H](O)[C@H]1O. The lowest BCUT2D eigenvalue weighted by Gasteiger charge is -2.39. The second kappa shape index (κ2) is 13.2. The summed E-state index contributed by atoms with van der Waals surface area (Å²) >= 11 is 0. The van der Waals surface area contributed by atoms with E-state index in [2.05, 4.69) is 0 Å². The topological polar surface area (TPSA) is 225 Å². The van der Waals surface area contributed by atoms with Crippen LogP contribution in [0.5, 0.6) is 11.5 Å². The standard InChI is InChI=1S/C26H32O14/c27-9-16-18(29)20(31)22(33)25(39-16)37-14-7-3-1-5-12(14)11-36-24(35)13-6-2-4-8-15(13)38-26-23(34)21(32)19(30)17(10-28)40-26/h1-8,16-23,25-34H,9-11H2/t16-,17-,18-,19-,20+,21+,22-,23-,25-,26-/m1/s1. The van der Waals surface area contributed by atoms with Gasteiger partial charge in [0.15, 0.2) is 0 Å². The number of benzene rings is 2. The van der Waals surface area contributed by atoms with Gasteiger partial charge < -0.3 is 64.5 Å². The summed E-state index contributed by atoms with van der Waals surface area (Å²) in [6.45, 7) is -1.60. The van der Waals surface area contributed by atoms with E-state index in [0.717, 1.165) is 0 Å². The molecular formula is C26H32O14. The first-order chi connectivity index (χ1) is 19.2. The van der Waals surface area contributed by atoms with Crippen LogP contribution >= 0.6 is 0 Å². The summed E-state index contributed by atoms with van der Waals surface area (Å²) in [5.74, 6) is -0.781. The largest absolute Gasteiger partial charge is 0.462 e. The van der Waals surface area contributed by atoms with E-state index >= 15 is 0 Å². The highest BCUT2D eigenvalue weighted by Gasteiger charge is 2.46. The number of esters is 1. The van der Waals surface area contributed by atoms with Crippen molar-refractivity contribution in [2.24, 2.45) is 0 Å². The lowest BCUT2D eigenvalue weighted by atomic mass is 9.99. The molecule has 40 heavy (non-hydrogen) atoms. The van der Waals surface area contributed by atoms with Crippen molar-refractivity contribution in [3.63, 3.8) is 0 Å². The van der Waals surface area contributed by atoms with E-state index in [4.69, 9.17) is 23.7 Å². The van der Waals surface area contributed by atoms with Crippen molar-refractivity contribution in [3.05, 3.63) is 59.7 Å². The molecule has 0 spiro atoms. The van der Waals surface area contributed by atoms with Crippen molar-refractivity contribution in [2.75, 3.05) is 13.2 Å². The summed E-state index contributed by atoms with van der Waals surface area (Å²) in [7, 11) is 0. The quantitative estimate of drug-likeness (QED) is 0.145. The lowest BCUT2D eigenvalue weighted by Crippen LogP contribution is -2.60. The van der Waals surface area contributed by atoms with E-state index in [1.165, 1.54) is 24.3 Å². The van der Waals surface area contributed by atoms with Crippen LogP contribution in [0.15, 0.2) is 48.5 Å². The minimum atomic E-state index is -1.69. The maximum Gasteiger partial charge on any atom is 0.342 e. The Morgan fingerprint density at radius 2 is 1.12 bits per heavy atom. The van der Waals surface area contributed by atoms with E-state index in [9.17, 15) is 45.6 Å². The van der Waals surface area contributed by atoms with Crippen molar-refractivity contribution in [1.29, 1.82) is 0 Å². The van der Waals surface area contributed by atoms with Crippen molar-refractivity contribution in [3.8, 4) is 11.5 Å². The molecule has 220 valence electrons. The zero-order chi connectivity index (χ0) is 29.0. The van der Waals surface area contributed by atoms with Gasteiger partial charge in [-0.2, -0.15) is 0 Å². The molecule has 2 aliphatic rings. The summed E-state index contributed by atoms with van der Waals surface area (Å²) in [5.41, 5.74) is 0.284. The molecule has 2 aliphatic heterocycles. The molecular weight excluding hydrogens is 536 g/mol. The van der Waals surface area contributed by atoms with E-state index < -0.39 is 80.6 Å². The minimum Gasteiger partial charge on any atom is -0.462 e. The molecule has 2 saturated heterocycles. The Bertz CT molecular complexity index is 1130. The zero-order valence-corrected chi connectivity index (χ0v) is 21.0. The smallest absolute Gasteiger partial charge is 0.342 e. The zero-order valence-electron chi connectivity index (χ0n) is 21.0. The van der Waals surface area contributed by atoms with Crippen LogP contribution in [0.1, 0.15) is 15.9 Å². The molecule has 10 atom stereocenters. The molecule has 2 fully saturated rings. The van der Waals surface area contributed by atoms with E-state index in [0.29, 0.717) is 5.56 Å². The summed E-state index contributed by atoms with van der Waals surface area (Å²) in [6.07, 6.45) is -15.1. The van der Waals surface area contributed by atoms with Gasteiger partial charge in [0.1, 0.15) is 72.5 Å². The summed E-state index contributed by atoms with van der Waals surface area (Å²) in [4.78, 5) is 13.0. The monoisotopic (exact) mass is 568 g/mol. The molecule has 0 unspecified atom stereocenters. The Kier molecular flexibility index (Phi) is 9.91. The maximum atomic E-state index is 13.0. The van der Waals surface area contributed by atoms with Gasteiger partial charge in [0.05, 0.1) is 13.2 Å². The van der Waals surface area contributed by atoms with E-state index in [-0.39, 0.29) is 23.7 Å². The van der Waals surface area contributed by atoms with Crippen LogP contribution in [0.25, 0.3) is 0 Å². The van der Waals surface area contributed by atoms with Crippen LogP contribution < -0.4 is 9.47 Å². The van der Waals surface area contributed by atoms with Crippen LogP contribution in [0.3, 0.4) is 0 Å². The Morgan fingerprint density at radius 1 is 0.650 bits per heavy atom. The third kappa shape index (κ3) is 6.37. The first-order valence-electron chi connectivity index (χ1n) is 12.4. The first kappa shape index (κ1) is 30.1. The predicted molar refractivity (Wildman–Crippen MR) is 131 cm³/mol. The molecule has 2 heterocycles. The van der Waals surface area contributed by atoms with Gasteiger partial charge in [0.2, 0.25) is 12.6 Å². The van der Waals surface area contributed by atoms with Gasteiger partial charge in [-0.25, -0.2) is 4.79 Å². The molecule has 2 aromatic carbocycles. The van der Waals surface area contributed by atoms with Crippen LogP contribution in [-0.2, 0) is 20.8 Å². The van der Waals surface area contributed by atoms with Gasteiger partial charge in [0.25, 0.3) is 0 Å². The molecule has 14 nitrogen and oxygen atoms in total. The fourth-order valence-electron chi connectivity index (χ4n) is 4.28. The number of ether oxygens (including phenoxy) is 5. The van der Waals surface area contributed by atoms with Crippen LogP contribution in [0, 0.1) is 0 Å². The van der Waals surface area contributed by atoms with Gasteiger partial charge in [-0.15, -0.1) is 0 Å². The highest BCUT2D eigenvalue weighted by molar-refractivity contribution is 5.92. The molecule has 0 saturated carbocycles. The van der Waals surface area contributed by atoms with Gasteiger partial charge in [-0.05, 0) is 18.2 Å². The van der Waals surface area contributed by atoms with Crippen LogP contribution in [-0.4, -0.2) is 121 Å². The molecule has 14 heteroatoms. The Hall–Kier alpha value is -2.89. The molecule has 4 rings (SSSR count). The highest BCUT2D eigenvalue weighted by Crippen LogP contribution is 2.29. The summed E-state index contributed by atoms with van der Waals surface area (Å²) in [6, 6.07) is 12.2. The Balaban J connectivity index is 1.44. The van der Waals surface area contributed by atoms with E-state index in [1.807, 2.05) is 0 Å². The molecule has 0 aliphatic carbocycles. The number of carbonyl (C=O) groups excluding carboxylic acids is 1. The number of hydrogen-bond acceptors (Lipinski definition) is 14. The first-order valence-corrected chi connectivity index (χ1v) is 12.4. The number of aliphatic hydroxyl groups is 8. The van der Waals surface area contributed by atoms with Crippen molar-refractivity contribution in [2.45, 2.75) is 68.0 Å². The number of rotatable bonds is 9. The highest BCUT2D eigenvalue weighted by atomic mass is 16.7. The van der Waals surface area contributed by atoms with Gasteiger partial charge in [-0.3, -0.25) is 0 Å². The van der Waals surface area contributed by atoms with E-state index in [1.54, 1.807) is 24.3 Å². The third-order valence-corrected chi connectivity index (χ3v) is 6.62. The number of aliphatic hydroxyl groups excluding tert-OH is 8. The van der Waals surface area contributed by atoms with Crippen molar-refractivity contribution in [1.82, 2.24) is 0 Å². The molecule has 0 aromatic heterocycles. The van der Waals surface area contributed by atoms with Crippen LogP contribution in [0.2, 0.25) is 0 Å². The third-order valence-electron chi connectivity index (χ3n) is 6.62. The molecule has 0 bridgehead atoms. The van der Waals surface area contributed by atoms with Crippen molar-refractivity contribution < 1.29 is 69.3 Å². The second-order valence-corrected chi connectivity index (χ2v) is 9.31. The fourth-order valence-corrected chi connectivity index (χ4v) is 4.28. The number of hydrogen-bond donors (Lipinski definition) is 8. The average Bonchev–Trinajstić information content (AvgIpc) is 2.97. The van der Waals surface area contributed by atoms with Gasteiger partial charge in [0, 0.05) is 5.56 Å². The summed E-state index contributed by atoms with van der Waals surface area (Å²) in [5, 5.41) is 79.3. The predicted octanol–water partition coefficient (Wildman–Crippen LogP) is -2.60. The number of para-hydroxylation sites is 2. The average molecular weight is 569 g/mol. The van der Waals surface area contributed by atoms with Crippen LogP contribution in [0.4, 0.5) is 0 Å². The minimum absolute atomic E-state index is 0.0632. The molecule has 8 N–H and O–H groups in total. The fraction of sp³-hybridized carbons (Fsp3) is 0.500. The Labute approximate surface area is 228 Å². The van der Waals surface area contributed by atoms with Crippen molar-refractivity contribution >= 4 is 5.97 Å². The normalized spacial score (nSPS) is 34.2.